The summed E-state index contributed by atoms with van der Waals surface area (Å²) in [5, 5.41) is 3.13. The minimum absolute atomic E-state index is 0.223. The number of carbonyl (C=O) groups excluding carboxylic acids is 1. The van der Waals surface area contributed by atoms with Gasteiger partial charge in [0.1, 0.15) is 0 Å². The Bertz CT molecular complexity index is 1040. The van der Waals surface area contributed by atoms with Crippen LogP contribution in [0.15, 0.2) is 63.5 Å². The van der Waals surface area contributed by atoms with Crippen LogP contribution in [-0.2, 0) is 0 Å². The Morgan fingerprint density at radius 3 is 1.53 bits per heavy atom. The fourth-order valence-electron chi connectivity index (χ4n) is 3.31. The van der Waals surface area contributed by atoms with Crippen molar-refractivity contribution in [2.75, 3.05) is 28.4 Å². The third-order valence-corrected chi connectivity index (χ3v) is 6.31. The van der Waals surface area contributed by atoms with Crippen molar-refractivity contribution in [1.29, 1.82) is 0 Å². The summed E-state index contributed by atoms with van der Waals surface area (Å²) in [6, 6.07) is 15.8. The number of rotatable bonds is 8. The van der Waals surface area contributed by atoms with E-state index in [4.69, 9.17) is 18.9 Å². The van der Waals surface area contributed by atoms with Crippen molar-refractivity contribution in [3.63, 3.8) is 0 Å². The quantitative estimate of drug-likeness (QED) is 0.376. The molecule has 0 atom stereocenters. The van der Waals surface area contributed by atoms with Crippen molar-refractivity contribution < 1.29 is 23.7 Å². The summed E-state index contributed by atoms with van der Waals surface area (Å²) in [7, 11) is 6.28. The van der Waals surface area contributed by atoms with E-state index >= 15 is 0 Å². The number of hydrogen-bond donors (Lipinski definition) is 1. The Balaban J connectivity index is 2.18. The van der Waals surface area contributed by atoms with Gasteiger partial charge in [-0.2, -0.15) is 0 Å². The predicted octanol–water partition coefficient (Wildman–Crippen LogP) is 5.77. The van der Waals surface area contributed by atoms with E-state index in [9.17, 15) is 4.79 Å². The molecular weight excluding hydrogens is 542 g/mol. The van der Waals surface area contributed by atoms with E-state index in [1.807, 2.05) is 42.5 Å². The van der Waals surface area contributed by atoms with Crippen LogP contribution in [0.25, 0.3) is 0 Å². The zero-order valence-electron chi connectivity index (χ0n) is 18.1. The second-order valence-corrected chi connectivity index (χ2v) is 8.44. The largest absolute Gasteiger partial charge is 0.493 e. The zero-order valence-corrected chi connectivity index (χ0v) is 21.2. The van der Waals surface area contributed by atoms with Crippen molar-refractivity contribution >= 4 is 37.8 Å². The maximum Gasteiger partial charge on any atom is 0.252 e. The van der Waals surface area contributed by atoms with Crippen LogP contribution in [0.3, 0.4) is 0 Å². The molecule has 0 aliphatic heterocycles. The number of methoxy groups -OCH3 is 4. The summed E-state index contributed by atoms with van der Waals surface area (Å²) in [4.78, 5) is 13.1. The molecule has 0 radical (unpaired) electrons. The molecule has 0 fully saturated rings. The molecule has 0 bridgehead atoms. The SMILES string of the molecule is COc1cc(Br)c(C(NC(=O)c2ccccc2)c2cc(OC)c(OC)cc2Br)cc1OC. The van der Waals surface area contributed by atoms with Crippen LogP contribution in [0.2, 0.25) is 0 Å². The maximum atomic E-state index is 13.1. The van der Waals surface area contributed by atoms with Crippen LogP contribution in [0.5, 0.6) is 23.0 Å². The normalized spacial score (nSPS) is 10.6. The summed E-state index contributed by atoms with van der Waals surface area (Å²) in [6.07, 6.45) is 0. The minimum atomic E-state index is -0.550. The van der Waals surface area contributed by atoms with Gasteiger partial charge < -0.3 is 24.3 Å². The van der Waals surface area contributed by atoms with E-state index < -0.39 is 6.04 Å². The van der Waals surface area contributed by atoms with Gasteiger partial charge in [-0.15, -0.1) is 0 Å². The van der Waals surface area contributed by atoms with Gasteiger partial charge in [-0.05, 0) is 47.5 Å². The summed E-state index contributed by atoms with van der Waals surface area (Å²) < 4.78 is 23.3. The number of amides is 1. The standard InChI is InChI=1S/C24H23Br2NO5/c1-29-19-10-15(17(25)12-21(19)31-3)23(27-24(28)14-8-6-5-7-9-14)16-11-20(30-2)22(32-4)13-18(16)26/h5-13,23H,1-4H3,(H,27,28). The van der Waals surface area contributed by atoms with Crippen molar-refractivity contribution in [2.45, 2.75) is 6.04 Å². The summed E-state index contributed by atoms with van der Waals surface area (Å²) in [5.41, 5.74) is 2.10. The van der Waals surface area contributed by atoms with E-state index in [2.05, 4.69) is 37.2 Å². The molecule has 6 nitrogen and oxygen atoms in total. The van der Waals surface area contributed by atoms with E-state index in [1.165, 1.54) is 0 Å². The molecule has 3 aromatic carbocycles. The Morgan fingerprint density at radius 2 is 1.12 bits per heavy atom. The maximum absolute atomic E-state index is 13.1. The van der Waals surface area contributed by atoms with Gasteiger partial charge >= 0.3 is 0 Å². The number of benzene rings is 3. The Labute approximate surface area is 204 Å². The highest BCUT2D eigenvalue weighted by molar-refractivity contribution is 9.10. The van der Waals surface area contributed by atoms with Crippen LogP contribution in [0, 0.1) is 0 Å². The highest BCUT2D eigenvalue weighted by Gasteiger charge is 2.26. The second-order valence-electron chi connectivity index (χ2n) is 6.73. The monoisotopic (exact) mass is 563 g/mol. The topological polar surface area (TPSA) is 66.0 Å². The molecule has 8 heteroatoms. The van der Waals surface area contributed by atoms with Gasteiger partial charge in [-0.3, -0.25) is 4.79 Å². The highest BCUT2D eigenvalue weighted by atomic mass is 79.9. The summed E-state index contributed by atoms with van der Waals surface area (Å²) in [5.74, 6) is 2.01. The fourth-order valence-corrected chi connectivity index (χ4v) is 4.41. The average molecular weight is 565 g/mol. The number of hydrogen-bond acceptors (Lipinski definition) is 5. The molecule has 32 heavy (non-hydrogen) atoms. The van der Waals surface area contributed by atoms with Crippen LogP contribution >= 0.6 is 31.9 Å². The summed E-state index contributed by atoms with van der Waals surface area (Å²) >= 11 is 7.25. The van der Waals surface area contributed by atoms with E-state index in [1.54, 1.807) is 40.6 Å². The van der Waals surface area contributed by atoms with Crippen molar-refractivity contribution in [3.8, 4) is 23.0 Å². The van der Waals surface area contributed by atoms with Gasteiger partial charge in [0.05, 0.1) is 34.5 Å². The van der Waals surface area contributed by atoms with Crippen LogP contribution in [0.4, 0.5) is 0 Å². The molecule has 0 heterocycles. The van der Waals surface area contributed by atoms with Crippen molar-refractivity contribution in [2.24, 2.45) is 0 Å². The first-order chi connectivity index (χ1) is 15.4. The molecule has 0 aliphatic rings. The number of nitrogens with one attached hydrogen (secondary N) is 1. The third-order valence-electron chi connectivity index (χ3n) is 4.94. The minimum Gasteiger partial charge on any atom is -0.493 e. The van der Waals surface area contributed by atoms with Crippen LogP contribution in [-0.4, -0.2) is 34.3 Å². The molecule has 168 valence electrons. The van der Waals surface area contributed by atoms with Gasteiger partial charge in [-0.25, -0.2) is 0 Å². The molecule has 1 N–H and O–H groups in total. The van der Waals surface area contributed by atoms with Gasteiger partial charge in [-0.1, -0.05) is 50.1 Å². The van der Waals surface area contributed by atoms with Gasteiger partial charge in [0.15, 0.2) is 23.0 Å². The molecule has 0 aliphatic carbocycles. The lowest BCUT2D eigenvalue weighted by Gasteiger charge is -2.24. The summed E-state index contributed by atoms with van der Waals surface area (Å²) in [6.45, 7) is 0. The molecule has 0 unspecified atom stereocenters. The van der Waals surface area contributed by atoms with Crippen LogP contribution in [0.1, 0.15) is 27.5 Å². The first kappa shape index (κ1) is 23.9. The second kappa shape index (κ2) is 10.7. The zero-order chi connectivity index (χ0) is 23.3. The lowest BCUT2D eigenvalue weighted by molar-refractivity contribution is 0.0942. The number of ether oxygens (including phenoxy) is 4. The van der Waals surface area contributed by atoms with Crippen molar-refractivity contribution in [3.05, 3.63) is 80.2 Å². The Hall–Kier alpha value is -2.71. The molecule has 0 spiro atoms. The molecule has 1 amide bonds. The molecule has 0 saturated heterocycles. The molecule has 3 aromatic rings. The highest BCUT2D eigenvalue weighted by Crippen LogP contribution is 2.42. The number of halogens is 2. The first-order valence-corrected chi connectivity index (χ1v) is 11.2. The van der Waals surface area contributed by atoms with Crippen molar-refractivity contribution in [1.82, 2.24) is 5.32 Å². The first-order valence-electron chi connectivity index (χ1n) is 9.62. The third kappa shape index (κ3) is 5.02. The Kier molecular flexibility index (Phi) is 8.04. The molecule has 0 aromatic heterocycles. The van der Waals surface area contributed by atoms with Gasteiger partial charge in [0.25, 0.3) is 5.91 Å². The van der Waals surface area contributed by atoms with Gasteiger partial charge in [0, 0.05) is 14.5 Å². The number of carbonyl (C=O) groups is 1. The lowest BCUT2D eigenvalue weighted by atomic mass is 9.97. The van der Waals surface area contributed by atoms with E-state index in [-0.39, 0.29) is 5.91 Å². The molecular formula is C24H23Br2NO5. The lowest BCUT2D eigenvalue weighted by Crippen LogP contribution is -2.30. The van der Waals surface area contributed by atoms with E-state index in [0.29, 0.717) is 28.6 Å². The van der Waals surface area contributed by atoms with Gasteiger partial charge in [0.2, 0.25) is 0 Å². The smallest absolute Gasteiger partial charge is 0.252 e. The van der Waals surface area contributed by atoms with Crippen LogP contribution < -0.4 is 24.3 Å². The fraction of sp³-hybridized carbons (Fsp3) is 0.208. The van der Waals surface area contributed by atoms with E-state index in [0.717, 1.165) is 20.1 Å². The molecule has 3 rings (SSSR count). The Morgan fingerprint density at radius 1 is 0.719 bits per heavy atom. The molecule has 0 saturated carbocycles. The average Bonchev–Trinajstić information content (AvgIpc) is 2.82. The predicted molar refractivity (Wildman–Crippen MR) is 130 cm³/mol.